The van der Waals surface area contributed by atoms with Gasteiger partial charge in [0, 0.05) is 23.6 Å². The Balaban J connectivity index is 2.59. The van der Waals surface area contributed by atoms with E-state index in [1.165, 1.54) is 0 Å². The summed E-state index contributed by atoms with van der Waals surface area (Å²) in [4.78, 5) is 4.17. The molecule has 0 aliphatic heterocycles. The summed E-state index contributed by atoms with van der Waals surface area (Å²) >= 11 is 4.27. The Morgan fingerprint density at radius 1 is 1.60 bits per heavy atom. The molecule has 1 aromatic rings. The van der Waals surface area contributed by atoms with Gasteiger partial charge in [0.2, 0.25) is 0 Å². The average Bonchev–Trinajstić information content (AvgIpc) is 1.88. The molecule has 0 aromatic carbocycles. The molecule has 1 aromatic heterocycles. The molecule has 0 spiro atoms. The molecular formula is C8H11NS. The van der Waals surface area contributed by atoms with Gasteiger partial charge < -0.3 is 0 Å². The van der Waals surface area contributed by atoms with Gasteiger partial charge in [-0.25, -0.2) is 0 Å². The van der Waals surface area contributed by atoms with Gasteiger partial charge in [0.1, 0.15) is 0 Å². The Bertz CT molecular complexity index is 184. The van der Waals surface area contributed by atoms with Crippen molar-refractivity contribution >= 4 is 12.6 Å². The Morgan fingerprint density at radius 2 is 2.40 bits per heavy atom. The number of hydrogen-bond acceptors (Lipinski definition) is 2. The molecule has 2 heteroatoms. The van der Waals surface area contributed by atoms with Crippen LogP contribution < -0.4 is 0 Å². The number of thiol groups is 1. The molecule has 0 radical (unpaired) electrons. The number of rotatable bonds is 2. The maximum Gasteiger partial charge on any atom is 0.0414 e. The highest BCUT2D eigenvalue weighted by molar-refractivity contribution is 7.80. The van der Waals surface area contributed by atoms with Crippen LogP contribution in [0.4, 0.5) is 0 Å². The van der Waals surface area contributed by atoms with E-state index >= 15 is 0 Å². The average molecular weight is 153 g/mol. The molecule has 0 aliphatic rings. The second-order valence-corrected chi connectivity index (χ2v) is 3.26. The largest absolute Gasteiger partial charge is 0.261 e. The van der Waals surface area contributed by atoms with E-state index in [1.54, 1.807) is 0 Å². The van der Waals surface area contributed by atoms with Crippen molar-refractivity contribution in [3.63, 3.8) is 0 Å². The Labute approximate surface area is 66.9 Å². The van der Waals surface area contributed by atoms with Crippen LogP contribution in [0.3, 0.4) is 0 Å². The number of pyridine rings is 1. The van der Waals surface area contributed by atoms with Crippen molar-refractivity contribution in [2.45, 2.75) is 18.6 Å². The molecule has 10 heavy (non-hydrogen) atoms. The zero-order valence-corrected chi connectivity index (χ0v) is 6.88. The molecular weight excluding hydrogens is 142 g/mol. The minimum atomic E-state index is 0.398. The van der Waals surface area contributed by atoms with Gasteiger partial charge in [0.15, 0.2) is 0 Å². The standard InChI is InChI=1S/C8H11NS/c1-7(10)6-8-4-2-3-5-9-8/h2-5,7,10H,6H2,1H3. The second kappa shape index (κ2) is 3.62. The van der Waals surface area contributed by atoms with Gasteiger partial charge in [0.05, 0.1) is 0 Å². The normalized spacial score (nSPS) is 13.0. The summed E-state index contributed by atoms with van der Waals surface area (Å²) in [5.74, 6) is 0. The van der Waals surface area contributed by atoms with Crippen LogP contribution in [-0.4, -0.2) is 10.2 Å². The summed E-state index contributed by atoms with van der Waals surface area (Å²) in [5.41, 5.74) is 1.12. The van der Waals surface area contributed by atoms with Crippen molar-refractivity contribution in [2.24, 2.45) is 0 Å². The quantitative estimate of drug-likeness (QED) is 0.641. The lowest BCUT2D eigenvalue weighted by Crippen LogP contribution is -1.98. The second-order valence-electron chi connectivity index (χ2n) is 2.37. The van der Waals surface area contributed by atoms with E-state index < -0.39 is 0 Å². The van der Waals surface area contributed by atoms with E-state index in [0.29, 0.717) is 5.25 Å². The van der Waals surface area contributed by atoms with E-state index in [-0.39, 0.29) is 0 Å². The molecule has 0 saturated heterocycles. The highest BCUT2D eigenvalue weighted by Crippen LogP contribution is 2.02. The molecule has 1 unspecified atom stereocenters. The minimum absolute atomic E-state index is 0.398. The van der Waals surface area contributed by atoms with E-state index in [2.05, 4.69) is 24.5 Å². The van der Waals surface area contributed by atoms with Gasteiger partial charge in [-0.1, -0.05) is 13.0 Å². The fraction of sp³-hybridized carbons (Fsp3) is 0.375. The van der Waals surface area contributed by atoms with E-state index in [9.17, 15) is 0 Å². The third-order valence-corrected chi connectivity index (χ3v) is 1.41. The van der Waals surface area contributed by atoms with Crippen molar-refractivity contribution in [1.29, 1.82) is 0 Å². The Hall–Kier alpha value is -0.500. The number of aromatic nitrogens is 1. The van der Waals surface area contributed by atoms with Crippen LogP contribution in [0.5, 0.6) is 0 Å². The number of nitrogens with zero attached hydrogens (tertiary/aromatic N) is 1. The molecule has 1 atom stereocenters. The molecule has 0 amide bonds. The van der Waals surface area contributed by atoms with E-state index in [4.69, 9.17) is 0 Å². The van der Waals surface area contributed by atoms with Crippen LogP contribution >= 0.6 is 12.6 Å². The zero-order valence-electron chi connectivity index (χ0n) is 5.99. The predicted molar refractivity (Wildman–Crippen MR) is 46.4 cm³/mol. The van der Waals surface area contributed by atoms with Crippen molar-refractivity contribution in [1.82, 2.24) is 4.98 Å². The molecule has 0 aliphatic carbocycles. The Kier molecular flexibility index (Phi) is 2.75. The lowest BCUT2D eigenvalue weighted by atomic mass is 10.2. The van der Waals surface area contributed by atoms with Gasteiger partial charge in [-0.2, -0.15) is 12.6 Å². The molecule has 0 bridgehead atoms. The molecule has 1 rings (SSSR count). The molecule has 1 heterocycles. The fourth-order valence-corrected chi connectivity index (χ4v) is 1.01. The first-order chi connectivity index (χ1) is 4.79. The van der Waals surface area contributed by atoms with Crippen LogP contribution in [0.1, 0.15) is 12.6 Å². The molecule has 0 saturated carbocycles. The molecule has 54 valence electrons. The highest BCUT2D eigenvalue weighted by atomic mass is 32.1. The highest BCUT2D eigenvalue weighted by Gasteiger charge is 1.96. The summed E-state index contributed by atoms with van der Waals surface area (Å²) in [5, 5.41) is 0.398. The molecule has 0 fully saturated rings. The predicted octanol–water partition coefficient (Wildman–Crippen LogP) is 1.94. The first kappa shape index (κ1) is 7.61. The maximum absolute atomic E-state index is 4.27. The van der Waals surface area contributed by atoms with E-state index in [1.807, 2.05) is 24.4 Å². The SMILES string of the molecule is CC(S)Cc1ccccn1. The van der Waals surface area contributed by atoms with Gasteiger partial charge in [-0.05, 0) is 12.1 Å². The van der Waals surface area contributed by atoms with Crippen LogP contribution in [0, 0.1) is 0 Å². The van der Waals surface area contributed by atoms with Crippen molar-refractivity contribution in [2.75, 3.05) is 0 Å². The third-order valence-electron chi connectivity index (χ3n) is 1.23. The van der Waals surface area contributed by atoms with Crippen LogP contribution in [0.2, 0.25) is 0 Å². The summed E-state index contributed by atoms with van der Waals surface area (Å²) in [7, 11) is 0. The summed E-state index contributed by atoms with van der Waals surface area (Å²) < 4.78 is 0. The van der Waals surface area contributed by atoms with Crippen LogP contribution in [0.15, 0.2) is 24.4 Å². The maximum atomic E-state index is 4.27. The van der Waals surface area contributed by atoms with Crippen molar-refractivity contribution in [3.05, 3.63) is 30.1 Å². The van der Waals surface area contributed by atoms with Gasteiger partial charge in [-0.3, -0.25) is 4.98 Å². The summed E-state index contributed by atoms with van der Waals surface area (Å²) in [6.45, 7) is 2.07. The lowest BCUT2D eigenvalue weighted by Gasteiger charge is -2.00. The zero-order chi connectivity index (χ0) is 7.40. The summed E-state index contributed by atoms with van der Waals surface area (Å²) in [6.07, 6.45) is 2.76. The van der Waals surface area contributed by atoms with E-state index in [0.717, 1.165) is 12.1 Å². The van der Waals surface area contributed by atoms with Gasteiger partial charge in [-0.15, -0.1) is 0 Å². The Morgan fingerprint density at radius 3 is 2.90 bits per heavy atom. The van der Waals surface area contributed by atoms with Gasteiger partial charge in [0.25, 0.3) is 0 Å². The molecule has 0 N–H and O–H groups in total. The van der Waals surface area contributed by atoms with Crippen molar-refractivity contribution < 1.29 is 0 Å². The molecule has 1 nitrogen and oxygen atoms in total. The fourth-order valence-electron chi connectivity index (χ4n) is 0.822. The first-order valence-corrected chi connectivity index (χ1v) is 3.88. The van der Waals surface area contributed by atoms with Crippen LogP contribution in [-0.2, 0) is 6.42 Å². The smallest absolute Gasteiger partial charge is 0.0414 e. The number of hydrogen-bond donors (Lipinski definition) is 1. The lowest BCUT2D eigenvalue weighted by molar-refractivity contribution is 0.907. The minimum Gasteiger partial charge on any atom is -0.261 e. The van der Waals surface area contributed by atoms with Crippen molar-refractivity contribution in [3.8, 4) is 0 Å². The third kappa shape index (κ3) is 2.40. The summed E-state index contributed by atoms with van der Waals surface area (Å²) in [6, 6.07) is 5.94. The monoisotopic (exact) mass is 153 g/mol. The topological polar surface area (TPSA) is 12.9 Å². The first-order valence-electron chi connectivity index (χ1n) is 3.37. The van der Waals surface area contributed by atoms with Crippen LogP contribution in [0.25, 0.3) is 0 Å². The van der Waals surface area contributed by atoms with Gasteiger partial charge >= 0.3 is 0 Å².